The normalized spacial score (nSPS) is 13.6. The van der Waals surface area contributed by atoms with Gasteiger partial charge in [-0.3, -0.25) is 9.89 Å². The molecule has 0 fully saturated rings. The zero-order valence-electron chi connectivity index (χ0n) is 13.9. The monoisotopic (exact) mass is 351 g/mol. The minimum absolute atomic E-state index is 0.0322. The fourth-order valence-electron chi connectivity index (χ4n) is 3.31. The molecule has 0 radical (unpaired) electrons. The van der Waals surface area contributed by atoms with Gasteiger partial charge in [-0.2, -0.15) is 5.10 Å². The molecule has 4 rings (SSSR count). The first-order chi connectivity index (χ1) is 12.1. The third-order valence-corrected chi connectivity index (χ3v) is 5.19. The molecular weight excluding hydrogens is 334 g/mol. The van der Waals surface area contributed by atoms with E-state index >= 15 is 0 Å². The van der Waals surface area contributed by atoms with Gasteiger partial charge in [0.2, 0.25) is 0 Å². The van der Waals surface area contributed by atoms with Crippen LogP contribution in [0.1, 0.15) is 27.2 Å². The summed E-state index contributed by atoms with van der Waals surface area (Å²) in [7, 11) is 0. The van der Waals surface area contributed by atoms with Gasteiger partial charge < -0.3 is 4.90 Å². The molecule has 0 bridgehead atoms. The van der Waals surface area contributed by atoms with Gasteiger partial charge in [0.05, 0.1) is 28.5 Å². The fourth-order valence-corrected chi connectivity index (χ4v) is 3.52. The molecule has 0 unspecified atom stereocenters. The Morgan fingerprint density at radius 1 is 1.16 bits per heavy atom. The van der Waals surface area contributed by atoms with E-state index in [1.807, 2.05) is 42.2 Å². The number of aromatic amines is 1. The molecule has 1 aromatic heterocycles. The Morgan fingerprint density at radius 2 is 1.96 bits per heavy atom. The predicted octanol–water partition coefficient (Wildman–Crippen LogP) is 4.24. The summed E-state index contributed by atoms with van der Waals surface area (Å²) in [5.74, 6) is -0.0322. The first-order valence-corrected chi connectivity index (χ1v) is 8.69. The lowest BCUT2D eigenvalue weighted by molar-refractivity contribution is 0.0732. The highest BCUT2D eigenvalue weighted by atomic mass is 35.5. The van der Waals surface area contributed by atoms with Crippen LogP contribution in [0.4, 0.5) is 0 Å². The summed E-state index contributed by atoms with van der Waals surface area (Å²) in [6.07, 6.45) is 0.783. The number of aromatic nitrogens is 2. The number of aryl methyl sites for hydroxylation is 1. The average Bonchev–Trinajstić information content (AvgIpc) is 3.07. The molecule has 2 heterocycles. The van der Waals surface area contributed by atoms with Crippen LogP contribution in [-0.2, 0) is 13.0 Å². The summed E-state index contributed by atoms with van der Waals surface area (Å²) in [5.41, 5.74) is 5.76. The highest BCUT2D eigenvalue weighted by Crippen LogP contribution is 2.29. The van der Waals surface area contributed by atoms with Gasteiger partial charge in [0.25, 0.3) is 5.91 Å². The van der Waals surface area contributed by atoms with Crippen LogP contribution in [0.15, 0.2) is 48.5 Å². The van der Waals surface area contributed by atoms with E-state index in [1.165, 1.54) is 5.56 Å². The molecule has 1 aliphatic rings. The number of hydrogen-bond donors (Lipinski definition) is 1. The van der Waals surface area contributed by atoms with Crippen LogP contribution in [0.25, 0.3) is 11.3 Å². The van der Waals surface area contributed by atoms with Crippen LogP contribution in [0, 0.1) is 6.92 Å². The molecule has 126 valence electrons. The van der Waals surface area contributed by atoms with Crippen LogP contribution >= 0.6 is 11.6 Å². The summed E-state index contributed by atoms with van der Waals surface area (Å²) in [5, 5.41) is 8.12. The number of benzene rings is 2. The lowest BCUT2D eigenvalue weighted by atomic mass is 9.99. The van der Waals surface area contributed by atoms with Gasteiger partial charge in [-0.05, 0) is 25.0 Å². The summed E-state index contributed by atoms with van der Waals surface area (Å²) in [4.78, 5) is 14.7. The SMILES string of the molecule is Cc1cccc(C(=O)N2CCc3c(-c4ccccc4)n[nH]c3C2)c1Cl. The Hall–Kier alpha value is -2.59. The molecule has 0 spiro atoms. The number of fused-ring (bicyclic) bond motifs is 1. The summed E-state index contributed by atoms with van der Waals surface area (Å²) >= 11 is 6.32. The molecule has 0 saturated carbocycles. The van der Waals surface area contributed by atoms with Gasteiger partial charge in [-0.1, -0.05) is 54.1 Å². The standard InChI is InChI=1S/C20H18ClN3O/c1-13-6-5-9-16(18(13)21)20(25)24-11-10-15-17(12-24)22-23-19(15)14-7-3-2-4-8-14/h2-9H,10-12H2,1H3,(H,22,23). The Labute approximate surface area is 151 Å². The van der Waals surface area contributed by atoms with Crippen molar-refractivity contribution in [3.8, 4) is 11.3 Å². The van der Waals surface area contributed by atoms with Crippen molar-refractivity contribution in [1.29, 1.82) is 0 Å². The van der Waals surface area contributed by atoms with Gasteiger partial charge in [-0.15, -0.1) is 0 Å². The van der Waals surface area contributed by atoms with Crippen molar-refractivity contribution >= 4 is 17.5 Å². The van der Waals surface area contributed by atoms with Crippen LogP contribution in [0.3, 0.4) is 0 Å². The van der Waals surface area contributed by atoms with Gasteiger partial charge in [0.1, 0.15) is 0 Å². The Kier molecular flexibility index (Phi) is 4.06. The second-order valence-corrected chi connectivity index (χ2v) is 6.69. The van der Waals surface area contributed by atoms with Gasteiger partial charge in [0, 0.05) is 17.7 Å². The minimum atomic E-state index is -0.0322. The molecule has 25 heavy (non-hydrogen) atoms. The number of carbonyl (C=O) groups is 1. The second-order valence-electron chi connectivity index (χ2n) is 6.31. The number of amides is 1. The number of rotatable bonds is 2. The van der Waals surface area contributed by atoms with Crippen molar-refractivity contribution < 1.29 is 4.79 Å². The van der Waals surface area contributed by atoms with Crippen LogP contribution in [0.2, 0.25) is 5.02 Å². The molecule has 0 saturated heterocycles. The quantitative estimate of drug-likeness (QED) is 0.750. The zero-order valence-corrected chi connectivity index (χ0v) is 14.7. The number of nitrogens with one attached hydrogen (secondary N) is 1. The van der Waals surface area contributed by atoms with Crippen molar-refractivity contribution in [2.75, 3.05) is 6.54 Å². The molecular formula is C20H18ClN3O. The molecule has 0 atom stereocenters. The smallest absolute Gasteiger partial charge is 0.255 e. The van der Waals surface area contributed by atoms with Crippen molar-refractivity contribution in [1.82, 2.24) is 15.1 Å². The first-order valence-electron chi connectivity index (χ1n) is 8.31. The highest BCUT2D eigenvalue weighted by Gasteiger charge is 2.27. The number of carbonyl (C=O) groups excluding carboxylic acids is 1. The summed E-state index contributed by atoms with van der Waals surface area (Å²) < 4.78 is 0. The molecule has 1 aliphatic heterocycles. The summed E-state index contributed by atoms with van der Waals surface area (Å²) in [6.45, 7) is 3.10. The molecule has 0 aliphatic carbocycles. The van der Waals surface area contributed by atoms with Crippen molar-refractivity contribution in [2.45, 2.75) is 19.9 Å². The van der Waals surface area contributed by atoms with E-state index in [9.17, 15) is 4.79 Å². The minimum Gasteiger partial charge on any atom is -0.332 e. The van der Waals surface area contributed by atoms with Gasteiger partial charge in [0.15, 0.2) is 0 Å². The lowest BCUT2D eigenvalue weighted by Crippen LogP contribution is -2.36. The Balaban J connectivity index is 1.61. The first kappa shape index (κ1) is 15.9. The molecule has 1 N–H and O–H groups in total. The molecule has 4 nitrogen and oxygen atoms in total. The molecule has 5 heteroatoms. The maximum Gasteiger partial charge on any atom is 0.255 e. The average molecular weight is 352 g/mol. The van der Waals surface area contributed by atoms with E-state index in [1.54, 1.807) is 6.07 Å². The van der Waals surface area contributed by atoms with E-state index in [-0.39, 0.29) is 5.91 Å². The topological polar surface area (TPSA) is 49.0 Å². The predicted molar refractivity (Wildman–Crippen MR) is 98.7 cm³/mol. The number of nitrogens with zero attached hydrogens (tertiary/aromatic N) is 2. The van der Waals surface area contributed by atoms with Gasteiger partial charge in [-0.25, -0.2) is 0 Å². The van der Waals surface area contributed by atoms with Gasteiger partial charge >= 0.3 is 0 Å². The van der Waals surface area contributed by atoms with E-state index in [0.29, 0.717) is 23.7 Å². The second kappa shape index (κ2) is 6.37. The largest absolute Gasteiger partial charge is 0.332 e. The van der Waals surface area contributed by atoms with Crippen molar-refractivity contribution in [3.63, 3.8) is 0 Å². The molecule has 2 aromatic carbocycles. The molecule has 1 amide bonds. The van der Waals surface area contributed by atoms with E-state index in [0.717, 1.165) is 28.9 Å². The van der Waals surface area contributed by atoms with Crippen LogP contribution in [-0.4, -0.2) is 27.5 Å². The fraction of sp³-hybridized carbons (Fsp3) is 0.200. The van der Waals surface area contributed by atoms with E-state index < -0.39 is 0 Å². The maximum absolute atomic E-state index is 12.9. The zero-order chi connectivity index (χ0) is 17.4. The Bertz CT molecular complexity index is 933. The van der Waals surface area contributed by atoms with Crippen molar-refractivity contribution in [2.24, 2.45) is 0 Å². The number of hydrogen-bond acceptors (Lipinski definition) is 2. The number of H-pyrrole nitrogens is 1. The van der Waals surface area contributed by atoms with Crippen LogP contribution in [0.5, 0.6) is 0 Å². The highest BCUT2D eigenvalue weighted by molar-refractivity contribution is 6.34. The number of halogens is 1. The Morgan fingerprint density at radius 3 is 2.76 bits per heavy atom. The molecule has 3 aromatic rings. The van der Waals surface area contributed by atoms with E-state index in [4.69, 9.17) is 11.6 Å². The van der Waals surface area contributed by atoms with Crippen LogP contribution < -0.4 is 0 Å². The third kappa shape index (κ3) is 2.83. The third-order valence-electron chi connectivity index (χ3n) is 4.69. The summed E-state index contributed by atoms with van der Waals surface area (Å²) in [6, 6.07) is 15.7. The lowest BCUT2D eigenvalue weighted by Gasteiger charge is -2.27. The maximum atomic E-state index is 12.9. The van der Waals surface area contributed by atoms with Crippen molar-refractivity contribution in [3.05, 3.63) is 75.9 Å². The van der Waals surface area contributed by atoms with E-state index in [2.05, 4.69) is 22.3 Å².